The van der Waals surface area contributed by atoms with Crippen LogP contribution in [0, 0.1) is 0 Å². The van der Waals surface area contributed by atoms with Crippen LogP contribution >= 0.6 is 7.60 Å². The molecule has 5 nitrogen and oxygen atoms in total. The molecule has 0 aromatic rings. The van der Waals surface area contributed by atoms with Crippen LogP contribution in [-0.4, -0.2) is 28.0 Å². The molecular formula is C9H19O5P. The Kier molecular flexibility index (Phi) is 6.81. The number of rotatable bonds is 7. The number of hydrogen-bond acceptors (Lipinski definition) is 3. The van der Waals surface area contributed by atoms with Crippen molar-refractivity contribution in [2.24, 2.45) is 0 Å². The lowest BCUT2D eigenvalue weighted by atomic mass is 10.1. The van der Waals surface area contributed by atoms with Gasteiger partial charge >= 0.3 is 13.6 Å². The van der Waals surface area contributed by atoms with Crippen molar-refractivity contribution in [3.63, 3.8) is 0 Å². The Labute approximate surface area is 90.0 Å². The molecule has 0 radical (unpaired) electrons. The molecule has 0 aliphatic rings. The highest BCUT2D eigenvalue weighted by Gasteiger charge is 2.30. The maximum absolute atomic E-state index is 11.1. The number of esters is 1. The van der Waals surface area contributed by atoms with Crippen LogP contribution in [-0.2, 0) is 14.1 Å². The molecule has 6 heteroatoms. The van der Waals surface area contributed by atoms with Crippen molar-refractivity contribution in [1.82, 2.24) is 0 Å². The minimum absolute atomic E-state index is 0.196. The molecule has 0 fully saturated rings. The lowest BCUT2D eigenvalue weighted by molar-refractivity contribution is -0.143. The molecule has 90 valence electrons. The Morgan fingerprint density at radius 1 is 1.40 bits per heavy atom. The molecule has 2 N–H and O–H groups in total. The van der Waals surface area contributed by atoms with Gasteiger partial charge in [0.1, 0.15) is 0 Å². The van der Waals surface area contributed by atoms with Gasteiger partial charge in [-0.15, -0.1) is 0 Å². The van der Waals surface area contributed by atoms with Crippen LogP contribution in [0.4, 0.5) is 0 Å². The van der Waals surface area contributed by atoms with E-state index in [-0.39, 0.29) is 13.0 Å². The number of unbranched alkanes of at least 4 members (excludes halogenated alkanes) is 1. The Morgan fingerprint density at radius 2 is 2.00 bits per heavy atom. The van der Waals surface area contributed by atoms with Gasteiger partial charge in [0.2, 0.25) is 0 Å². The lowest BCUT2D eigenvalue weighted by Crippen LogP contribution is -2.16. The van der Waals surface area contributed by atoms with Crippen LogP contribution in [0.5, 0.6) is 0 Å². The fourth-order valence-electron chi connectivity index (χ4n) is 1.24. The Hall–Kier alpha value is -0.380. The first-order valence-corrected chi connectivity index (χ1v) is 6.80. The number of ether oxygens (including phenoxy) is 1. The molecule has 0 spiro atoms. The molecule has 0 saturated carbocycles. The van der Waals surface area contributed by atoms with Gasteiger partial charge in [-0.1, -0.05) is 19.8 Å². The summed E-state index contributed by atoms with van der Waals surface area (Å²) in [6, 6.07) is 0. The molecule has 1 atom stereocenters. The van der Waals surface area contributed by atoms with E-state index < -0.39 is 19.2 Å². The number of hydrogen-bond donors (Lipinski definition) is 2. The zero-order valence-electron chi connectivity index (χ0n) is 9.18. The van der Waals surface area contributed by atoms with Gasteiger partial charge in [0, 0.05) is 0 Å². The van der Waals surface area contributed by atoms with E-state index in [0.717, 1.165) is 6.42 Å². The van der Waals surface area contributed by atoms with E-state index in [4.69, 9.17) is 9.79 Å². The van der Waals surface area contributed by atoms with Crippen LogP contribution in [0.15, 0.2) is 0 Å². The molecule has 0 bridgehead atoms. The summed E-state index contributed by atoms with van der Waals surface area (Å²) in [4.78, 5) is 29.1. The van der Waals surface area contributed by atoms with Gasteiger partial charge in [0.25, 0.3) is 0 Å². The van der Waals surface area contributed by atoms with Gasteiger partial charge in [-0.2, -0.15) is 0 Å². The molecule has 0 rings (SSSR count). The standard InChI is InChI=1S/C9H19O5P/c1-3-5-6-8(15(11,12)13)7-9(10)14-4-2/h8H,3-7H2,1-2H3,(H2,11,12,13). The predicted octanol–water partition coefficient (Wildman–Crippen LogP) is 1.68. The summed E-state index contributed by atoms with van der Waals surface area (Å²) in [5.74, 6) is -0.540. The second-order valence-corrected chi connectivity index (χ2v) is 5.30. The highest BCUT2D eigenvalue weighted by Crippen LogP contribution is 2.45. The molecule has 15 heavy (non-hydrogen) atoms. The minimum Gasteiger partial charge on any atom is -0.466 e. The number of carbonyl (C=O) groups is 1. The summed E-state index contributed by atoms with van der Waals surface area (Å²) in [7, 11) is -4.18. The first-order valence-electron chi connectivity index (χ1n) is 5.12. The molecule has 0 aliphatic heterocycles. The fourth-order valence-corrected chi connectivity index (χ4v) is 2.15. The molecule has 1 unspecified atom stereocenters. The van der Waals surface area contributed by atoms with Crippen molar-refractivity contribution in [2.75, 3.05) is 6.61 Å². The van der Waals surface area contributed by atoms with Crippen LogP contribution in [0.2, 0.25) is 0 Å². The van der Waals surface area contributed by atoms with E-state index in [1.54, 1.807) is 6.92 Å². The van der Waals surface area contributed by atoms with Gasteiger partial charge in [-0.05, 0) is 13.3 Å². The predicted molar refractivity (Wildman–Crippen MR) is 56.6 cm³/mol. The minimum atomic E-state index is -4.18. The quantitative estimate of drug-likeness (QED) is 0.520. The van der Waals surface area contributed by atoms with E-state index in [0.29, 0.717) is 12.8 Å². The fraction of sp³-hybridized carbons (Fsp3) is 0.889. The second-order valence-electron chi connectivity index (χ2n) is 3.39. The van der Waals surface area contributed by atoms with Gasteiger partial charge in [0.15, 0.2) is 0 Å². The van der Waals surface area contributed by atoms with Crippen molar-refractivity contribution in [3.8, 4) is 0 Å². The Morgan fingerprint density at radius 3 is 2.40 bits per heavy atom. The average Bonchev–Trinajstić information content (AvgIpc) is 2.10. The highest BCUT2D eigenvalue weighted by molar-refractivity contribution is 7.52. The third-order valence-electron chi connectivity index (χ3n) is 2.07. The summed E-state index contributed by atoms with van der Waals surface area (Å²) in [5.41, 5.74) is -0.892. The summed E-state index contributed by atoms with van der Waals surface area (Å²) >= 11 is 0. The Balaban J connectivity index is 4.25. The maximum atomic E-state index is 11.1. The van der Waals surface area contributed by atoms with E-state index in [2.05, 4.69) is 4.74 Å². The van der Waals surface area contributed by atoms with Gasteiger partial charge in [-0.3, -0.25) is 9.36 Å². The molecule has 0 aromatic heterocycles. The molecular weight excluding hydrogens is 219 g/mol. The first-order chi connectivity index (χ1) is 6.91. The van der Waals surface area contributed by atoms with Crippen molar-refractivity contribution in [3.05, 3.63) is 0 Å². The zero-order chi connectivity index (χ0) is 11.9. The van der Waals surface area contributed by atoms with E-state index in [1.165, 1.54) is 0 Å². The molecule has 0 saturated heterocycles. The van der Waals surface area contributed by atoms with Crippen LogP contribution in [0.1, 0.15) is 39.5 Å². The third-order valence-corrected chi connectivity index (χ3v) is 3.47. The topological polar surface area (TPSA) is 83.8 Å². The first kappa shape index (κ1) is 14.6. The monoisotopic (exact) mass is 238 g/mol. The van der Waals surface area contributed by atoms with Crippen LogP contribution in [0.3, 0.4) is 0 Å². The summed E-state index contributed by atoms with van der Waals surface area (Å²) in [5, 5.41) is 0. The smallest absolute Gasteiger partial charge is 0.329 e. The second kappa shape index (κ2) is 6.99. The van der Waals surface area contributed by atoms with E-state index in [9.17, 15) is 9.36 Å². The zero-order valence-corrected chi connectivity index (χ0v) is 10.1. The SMILES string of the molecule is CCCCC(CC(=O)OCC)P(=O)(O)O. The average molecular weight is 238 g/mol. The normalized spacial score (nSPS) is 13.6. The largest absolute Gasteiger partial charge is 0.466 e. The number of carbonyl (C=O) groups excluding carboxylic acids is 1. The molecule has 0 amide bonds. The van der Waals surface area contributed by atoms with Crippen molar-refractivity contribution < 1.29 is 23.9 Å². The summed E-state index contributed by atoms with van der Waals surface area (Å²) in [6.07, 6.45) is 1.71. The maximum Gasteiger partial charge on any atom is 0.329 e. The van der Waals surface area contributed by atoms with Crippen molar-refractivity contribution >= 4 is 13.6 Å². The van der Waals surface area contributed by atoms with E-state index in [1.807, 2.05) is 6.92 Å². The van der Waals surface area contributed by atoms with Gasteiger partial charge < -0.3 is 14.5 Å². The molecule has 0 heterocycles. The van der Waals surface area contributed by atoms with Crippen molar-refractivity contribution in [2.45, 2.75) is 45.2 Å². The summed E-state index contributed by atoms with van der Waals surface area (Å²) < 4.78 is 15.7. The highest BCUT2D eigenvalue weighted by atomic mass is 31.2. The summed E-state index contributed by atoms with van der Waals surface area (Å²) in [6.45, 7) is 3.83. The van der Waals surface area contributed by atoms with Crippen LogP contribution < -0.4 is 0 Å². The molecule has 0 aromatic carbocycles. The van der Waals surface area contributed by atoms with Crippen molar-refractivity contribution in [1.29, 1.82) is 0 Å². The van der Waals surface area contributed by atoms with Gasteiger partial charge in [0.05, 0.1) is 18.7 Å². The third kappa shape index (κ3) is 6.66. The van der Waals surface area contributed by atoms with Crippen LogP contribution in [0.25, 0.3) is 0 Å². The Bertz CT molecular complexity index is 235. The molecule has 0 aliphatic carbocycles. The van der Waals surface area contributed by atoms with E-state index >= 15 is 0 Å². The van der Waals surface area contributed by atoms with Gasteiger partial charge in [-0.25, -0.2) is 0 Å². The lowest BCUT2D eigenvalue weighted by Gasteiger charge is -2.16.